The van der Waals surface area contributed by atoms with E-state index < -0.39 is 6.04 Å². The number of carbonyl (C=O) groups excluding carboxylic acids is 2. The molecule has 5 heteroatoms. The van der Waals surface area contributed by atoms with Crippen molar-refractivity contribution in [2.45, 2.75) is 39.3 Å². The molecule has 0 unspecified atom stereocenters. The Morgan fingerprint density at radius 1 is 0.966 bits per heavy atom. The van der Waals surface area contributed by atoms with Gasteiger partial charge in [-0.3, -0.25) is 9.59 Å². The number of rotatable bonds is 9. The molecule has 0 saturated heterocycles. The number of carbonyl (C=O) groups is 2. The van der Waals surface area contributed by atoms with Gasteiger partial charge in [-0.2, -0.15) is 0 Å². The molecule has 0 radical (unpaired) electrons. The molecule has 29 heavy (non-hydrogen) atoms. The lowest BCUT2D eigenvalue weighted by atomic mass is 10.0. The van der Waals surface area contributed by atoms with Crippen LogP contribution in [0.4, 0.5) is 0 Å². The zero-order valence-electron chi connectivity index (χ0n) is 17.1. The third-order valence-corrected chi connectivity index (χ3v) is 5.03. The first-order valence-electron chi connectivity index (χ1n) is 10.2. The molecular weight excluding hydrogens is 362 g/mol. The summed E-state index contributed by atoms with van der Waals surface area (Å²) in [7, 11) is 0. The van der Waals surface area contributed by atoms with E-state index in [1.165, 1.54) is 10.9 Å². The molecule has 0 bridgehead atoms. The van der Waals surface area contributed by atoms with Gasteiger partial charge in [-0.1, -0.05) is 62.4 Å². The maximum absolute atomic E-state index is 12.6. The summed E-state index contributed by atoms with van der Waals surface area (Å²) >= 11 is 0. The third kappa shape index (κ3) is 5.70. The molecule has 0 aliphatic carbocycles. The van der Waals surface area contributed by atoms with Gasteiger partial charge in [0.1, 0.15) is 6.04 Å². The number of fused-ring (bicyclic) bond motifs is 1. The SMILES string of the molecule is CC(C)[C@@H](NC(=O)Cc1ccccc1)C(=O)NCCCn1ccc2ccccc21. The van der Waals surface area contributed by atoms with Crippen molar-refractivity contribution in [3.05, 3.63) is 72.4 Å². The normalized spacial score (nSPS) is 12.1. The summed E-state index contributed by atoms with van der Waals surface area (Å²) in [5.74, 6) is -0.245. The van der Waals surface area contributed by atoms with Gasteiger partial charge in [-0.05, 0) is 35.4 Å². The fourth-order valence-electron chi connectivity index (χ4n) is 3.45. The van der Waals surface area contributed by atoms with Gasteiger partial charge in [0.25, 0.3) is 0 Å². The molecule has 2 aromatic carbocycles. The van der Waals surface area contributed by atoms with Gasteiger partial charge in [-0.15, -0.1) is 0 Å². The van der Waals surface area contributed by atoms with E-state index in [4.69, 9.17) is 0 Å². The second kappa shape index (κ2) is 9.92. The molecule has 0 fully saturated rings. The highest BCUT2D eigenvalue weighted by atomic mass is 16.2. The van der Waals surface area contributed by atoms with E-state index in [-0.39, 0.29) is 24.2 Å². The van der Waals surface area contributed by atoms with Gasteiger partial charge in [0.15, 0.2) is 0 Å². The molecule has 0 spiro atoms. The van der Waals surface area contributed by atoms with E-state index in [1.807, 2.05) is 56.3 Å². The van der Waals surface area contributed by atoms with Crippen molar-refractivity contribution in [3.63, 3.8) is 0 Å². The molecule has 2 amide bonds. The molecular formula is C24H29N3O2. The van der Waals surface area contributed by atoms with E-state index in [0.717, 1.165) is 18.5 Å². The smallest absolute Gasteiger partial charge is 0.242 e. The summed E-state index contributed by atoms with van der Waals surface area (Å²) < 4.78 is 2.20. The molecule has 1 heterocycles. The van der Waals surface area contributed by atoms with Gasteiger partial charge in [0.2, 0.25) is 11.8 Å². The van der Waals surface area contributed by atoms with Gasteiger partial charge in [-0.25, -0.2) is 0 Å². The number of nitrogens with zero attached hydrogens (tertiary/aromatic N) is 1. The number of amides is 2. The Morgan fingerprint density at radius 3 is 2.45 bits per heavy atom. The number of hydrogen-bond acceptors (Lipinski definition) is 2. The minimum Gasteiger partial charge on any atom is -0.354 e. The zero-order valence-corrected chi connectivity index (χ0v) is 17.1. The summed E-state index contributed by atoms with van der Waals surface area (Å²) in [6.45, 7) is 5.29. The number of aromatic nitrogens is 1. The molecule has 0 aliphatic heterocycles. The molecule has 152 valence electrons. The number of benzene rings is 2. The fraction of sp³-hybridized carbons (Fsp3) is 0.333. The fourth-order valence-corrected chi connectivity index (χ4v) is 3.45. The Balaban J connectivity index is 1.47. The second-order valence-electron chi connectivity index (χ2n) is 7.66. The Hall–Kier alpha value is -3.08. The highest BCUT2D eigenvalue weighted by Crippen LogP contribution is 2.15. The van der Waals surface area contributed by atoms with Crippen LogP contribution in [0.5, 0.6) is 0 Å². The van der Waals surface area contributed by atoms with Crippen LogP contribution in [0.3, 0.4) is 0 Å². The van der Waals surface area contributed by atoms with Crippen molar-refractivity contribution in [1.82, 2.24) is 15.2 Å². The van der Waals surface area contributed by atoms with Crippen LogP contribution in [0.2, 0.25) is 0 Å². The first-order chi connectivity index (χ1) is 14.0. The summed E-state index contributed by atoms with van der Waals surface area (Å²) in [5, 5.41) is 7.08. The van der Waals surface area contributed by atoms with Crippen LogP contribution in [-0.4, -0.2) is 29.0 Å². The molecule has 1 aromatic heterocycles. The van der Waals surface area contributed by atoms with Crippen molar-refractivity contribution in [3.8, 4) is 0 Å². The van der Waals surface area contributed by atoms with Crippen molar-refractivity contribution in [1.29, 1.82) is 0 Å². The van der Waals surface area contributed by atoms with Crippen LogP contribution in [0, 0.1) is 5.92 Å². The lowest BCUT2D eigenvalue weighted by Gasteiger charge is -2.22. The predicted molar refractivity (Wildman–Crippen MR) is 116 cm³/mol. The van der Waals surface area contributed by atoms with Crippen LogP contribution in [-0.2, 0) is 22.6 Å². The van der Waals surface area contributed by atoms with Crippen LogP contribution in [0.1, 0.15) is 25.8 Å². The second-order valence-corrected chi connectivity index (χ2v) is 7.66. The summed E-state index contributed by atoms with van der Waals surface area (Å²) in [6.07, 6.45) is 3.18. The summed E-state index contributed by atoms with van der Waals surface area (Å²) in [5.41, 5.74) is 2.14. The molecule has 2 N–H and O–H groups in total. The average Bonchev–Trinajstić information content (AvgIpc) is 3.13. The highest BCUT2D eigenvalue weighted by Gasteiger charge is 2.23. The predicted octanol–water partition coefficient (Wildman–Crippen LogP) is 3.53. The van der Waals surface area contributed by atoms with Crippen LogP contribution in [0.15, 0.2) is 66.9 Å². The molecule has 3 rings (SSSR count). The minimum atomic E-state index is -0.529. The Labute approximate surface area is 172 Å². The van der Waals surface area contributed by atoms with Crippen molar-refractivity contribution >= 4 is 22.7 Å². The summed E-state index contributed by atoms with van der Waals surface area (Å²) in [4.78, 5) is 25.0. The maximum Gasteiger partial charge on any atom is 0.242 e. The first-order valence-corrected chi connectivity index (χ1v) is 10.2. The van der Waals surface area contributed by atoms with Crippen LogP contribution in [0.25, 0.3) is 10.9 Å². The lowest BCUT2D eigenvalue weighted by molar-refractivity contribution is -0.129. The third-order valence-electron chi connectivity index (χ3n) is 5.03. The van der Waals surface area contributed by atoms with Gasteiger partial charge in [0.05, 0.1) is 6.42 Å². The molecule has 3 aromatic rings. The van der Waals surface area contributed by atoms with Gasteiger partial charge in [0, 0.05) is 24.8 Å². The topological polar surface area (TPSA) is 63.1 Å². The van der Waals surface area contributed by atoms with E-state index >= 15 is 0 Å². The van der Waals surface area contributed by atoms with Crippen molar-refractivity contribution < 1.29 is 9.59 Å². The monoisotopic (exact) mass is 391 g/mol. The molecule has 0 saturated carbocycles. The van der Waals surface area contributed by atoms with E-state index in [0.29, 0.717) is 6.54 Å². The van der Waals surface area contributed by atoms with Crippen LogP contribution < -0.4 is 10.6 Å². The van der Waals surface area contributed by atoms with E-state index in [1.54, 1.807) is 0 Å². The molecule has 5 nitrogen and oxygen atoms in total. The molecule has 1 atom stereocenters. The Morgan fingerprint density at radius 2 is 1.69 bits per heavy atom. The summed E-state index contributed by atoms with van der Waals surface area (Å²) in [6, 6.07) is 19.4. The average molecular weight is 392 g/mol. The lowest BCUT2D eigenvalue weighted by Crippen LogP contribution is -2.50. The Bertz CT molecular complexity index is 947. The minimum absolute atomic E-state index is 0.0168. The first kappa shape index (κ1) is 20.6. The number of hydrogen-bond donors (Lipinski definition) is 2. The largest absolute Gasteiger partial charge is 0.354 e. The zero-order chi connectivity index (χ0) is 20.6. The Kier molecular flexibility index (Phi) is 7.06. The standard InChI is InChI=1S/C24H29N3O2/c1-18(2)23(26-22(28)17-19-9-4-3-5-10-19)24(29)25-14-8-15-27-16-13-20-11-6-7-12-21(20)27/h3-7,9-13,16,18,23H,8,14-15,17H2,1-2H3,(H,25,29)(H,26,28)/t23-/m1/s1. The molecule has 0 aliphatic rings. The quantitative estimate of drug-likeness (QED) is 0.548. The number of nitrogens with one attached hydrogen (secondary N) is 2. The van der Waals surface area contributed by atoms with Crippen molar-refractivity contribution in [2.75, 3.05) is 6.54 Å². The highest BCUT2D eigenvalue weighted by molar-refractivity contribution is 5.88. The van der Waals surface area contributed by atoms with E-state index in [9.17, 15) is 9.59 Å². The number of para-hydroxylation sites is 1. The van der Waals surface area contributed by atoms with Crippen LogP contribution >= 0.6 is 0 Å². The van der Waals surface area contributed by atoms with Crippen molar-refractivity contribution in [2.24, 2.45) is 5.92 Å². The van der Waals surface area contributed by atoms with Gasteiger partial charge < -0.3 is 15.2 Å². The number of aryl methyl sites for hydroxylation is 1. The van der Waals surface area contributed by atoms with Gasteiger partial charge >= 0.3 is 0 Å². The maximum atomic E-state index is 12.6. The van der Waals surface area contributed by atoms with E-state index in [2.05, 4.69) is 39.6 Å².